The first-order valence-electron chi connectivity index (χ1n) is 12.2. The molecule has 6 nitrogen and oxygen atoms in total. The first-order chi connectivity index (χ1) is 17.1. The third-order valence-electron chi connectivity index (χ3n) is 7.72. The number of carbonyl (C=O) groups excluding carboxylic acids is 1. The Morgan fingerprint density at radius 1 is 1.03 bits per heavy atom. The smallest absolute Gasteiger partial charge is 0.290 e. The molecule has 2 aliphatic rings. The van der Waals surface area contributed by atoms with E-state index in [0.717, 1.165) is 31.2 Å². The van der Waals surface area contributed by atoms with Crippen LogP contribution in [0.2, 0.25) is 0 Å². The van der Waals surface area contributed by atoms with Crippen LogP contribution in [0.5, 0.6) is 0 Å². The van der Waals surface area contributed by atoms with Gasteiger partial charge in [0.2, 0.25) is 5.82 Å². The summed E-state index contributed by atoms with van der Waals surface area (Å²) in [7, 11) is 0. The van der Waals surface area contributed by atoms with E-state index in [-0.39, 0.29) is 23.7 Å². The summed E-state index contributed by atoms with van der Waals surface area (Å²) >= 11 is 0. The largest absolute Gasteiger partial charge is 0.385 e. The molecule has 1 aliphatic heterocycles. The van der Waals surface area contributed by atoms with E-state index in [4.69, 9.17) is 4.98 Å². The molecule has 0 spiro atoms. The molecule has 0 unspecified atom stereocenters. The Kier molecular flexibility index (Phi) is 5.37. The van der Waals surface area contributed by atoms with Crippen molar-refractivity contribution < 1.29 is 14.3 Å². The van der Waals surface area contributed by atoms with E-state index in [1.165, 1.54) is 12.1 Å². The highest BCUT2D eigenvalue weighted by Crippen LogP contribution is 2.47. The van der Waals surface area contributed by atoms with E-state index in [9.17, 15) is 14.3 Å². The Labute approximate surface area is 203 Å². The second-order valence-electron chi connectivity index (χ2n) is 9.60. The van der Waals surface area contributed by atoms with Gasteiger partial charge in [0.1, 0.15) is 11.5 Å². The zero-order valence-electron chi connectivity index (χ0n) is 19.3. The van der Waals surface area contributed by atoms with Gasteiger partial charge < -0.3 is 10.0 Å². The SMILES string of the molecule is O=C(c1nc(-c2ccc(F)cc2)c2ncccn12)N1CC[C@](O)(c2ccccc2)[C@H]2CCCC[C@H]21. The maximum atomic E-state index is 14.0. The van der Waals surface area contributed by atoms with Crippen molar-refractivity contribution in [3.05, 3.63) is 90.3 Å². The highest BCUT2D eigenvalue weighted by molar-refractivity contribution is 5.94. The Morgan fingerprint density at radius 2 is 1.80 bits per heavy atom. The standard InChI is InChI=1S/C28H27FN4O2/c29-21-13-11-19(12-14-21)24-25-30-16-6-17-33(25)26(31-24)27(34)32-18-15-28(35,20-7-2-1-3-8-20)22-9-4-5-10-23(22)32/h1-3,6-8,11-14,16-17,22-23,35H,4-5,9-10,15,18H2/t22-,23+,28-/m0/s1. The van der Waals surface area contributed by atoms with Gasteiger partial charge in [-0.05, 0) is 55.2 Å². The van der Waals surface area contributed by atoms with Crippen molar-refractivity contribution in [1.82, 2.24) is 19.3 Å². The minimum atomic E-state index is -0.946. The summed E-state index contributed by atoms with van der Waals surface area (Å²) in [5, 5.41) is 11.9. The minimum absolute atomic E-state index is 0.0303. The van der Waals surface area contributed by atoms with Gasteiger partial charge in [0, 0.05) is 36.5 Å². The van der Waals surface area contributed by atoms with Crippen molar-refractivity contribution in [2.45, 2.75) is 43.7 Å². The van der Waals surface area contributed by atoms with Gasteiger partial charge in [-0.3, -0.25) is 9.20 Å². The average Bonchev–Trinajstić information content (AvgIpc) is 3.29. The molecule has 0 radical (unpaired) electrons. The number of imidazole rings is 1. The molecule has 1 aliphatic carbocycles. The maximum absolute atomic E-state index is 14.0. The monoisotopic (exact) mass is 470 g/mol. The predicted molar refractivity (Wildman–Crippen MR) is 130 cm³/mol. The molecular weight excluding hydrogens is 443 g/mol. The fourth-order valence-electron chi connectivity index (χ4n) is 6.03. The first-order valence-corrected chi connectivity index (χ1v) is 12.2. The number of nitrogens with zero attached hydrogens (tertiary/aromatic N) is 4. The predicted octanol–water partition coefficient (Wildman–Crippen LogP) is 4.83. The number of rotatable bonds is 3. The fraction of sp³-hybridized carbons (Fsp3) is 0.321. The van der Waals surface area contributed by atoms with Gasteiger partial charge in [0.25, 0.3) is 5.91 Å². The molecule has 7 heteroatoms. The molecule has 1 amide bonds. The molecule has 4 aromatic rings. The summed E-state index contributed by atoms with van der Waals surface area (Å²) in [4.78, 5) is 25.1. The molecule has 2 aromatic heterocycles. The van der Waals surface area contributed by atoms with Crippen LogP contribution in [0.3, 0.4) is 0 Å². The number of piperidine rings is 1. The highest BCUT2D eigenvalue weighted by atomic mass is 19.1. The minimum Gasteiger partial charge on any atom is -0.385 e. The molecule has 1 N–H and O–H groups in total. The second kappa shape index (κ2) is 8.57. The van der Waals surface area contributed by atoms with Gasteiger partial charge in [-0.15, -0.1) is 0 Å². The van der Waals surface area contributed by atoms with Gasteiger partial charge in [-0.25, -0.2) is 14.4 Å². The lowest BCUT2D eigenvalue weighted by atomic mass is 9.66. The third kappa shape index (κ3) is 3.62. The quantitative estimate of drug-likeness (QED) is 0.466. The van der Waals surface area contributed by atoms with Crippen LogP contribution in [0.4, 0.5) is 4.39 Å². The summed E-state index contributed by atoms with van der Waals surface area (Å²) in [5.74, 6) is -0.225. The lowest BCUT2D eigenvalue weighted by Crippen LogP contribution is -2.59. The Balaban J connectivity index is 1.39. The number of hydrogen-bond acceptors (Lipinski definition) is 4. The Morgan fingerprint density at radius 3 is 2.60 bits per heavy atom. The van der Waals surface area contributed by atoms with Gasteiger partial charge >= 0.3 is 0 Å². The molecule has 3 heterocycles. The number of carbonyl (C=O) groups is 1. The average molecular weight is 471 g/mol. The van der Waals surface area contributed by atoms with Crippen LogP contribution in [0.25, 0.3) is 16.9 Å². The topological polar surface area (TPSA) is 70.7 Å². The number of aromatic nitrogens is 3. The zero-order chi connectivity index (χ0) is 24.0. The molecule has 3 atom stereocenters. The summed E-state index contributed by atoms with van der Waals surface area (Å²) in [6, 6.07) is 17.6. The highest BCUT2D eigenvalue weighted by Gasteiger charge is 2.50. The van der Waals surface area contributed by atoms with Crippen molar-refractivity contribution in [1.29, 1.82) is 0 Å². The van der Waals surface area contributed by atoms with Crippen molar-refractivity contribution >= 4 is 11.6 Å². The van der Waals surface area contributed by atoms with Gasteiger partial charge in [-0.1, -0.05) is 43.2 Å². The van der Waals surface area contributed by atoms with Gasteiger partial charge in [-0.2, -0.15) is 0 Å². The molecular formula is C28H27FN4O2. The number of hydrogen-bond donors (Lipinski definition) is 1. The second-order valence-corrected chi connectivity index (χ2v) is 9.60. The summed E-state index contributed by atoms with van der Waals surface area (Å²) in [5.41, 5.74) is 1.79. The number of benzene rings is 2. The van der Waals surface area contributed by atoms with Crippen LogP contribution in [0.1, 0.15) is 48.3 Å². The van der Waals surface area contributed by atoms with Gasteiger partial charge in [0.15, 0.2) is 5.65 Å². The Bertz CT molecular complexity index is 1370. The van der Waals surface area contributed by atoms with Crippen LogP contribution in [0, 0.1) is 11.7 Å². The molecule has 6 rings (SSSR count). The number of amides is 1. The first kappa shape index (κ1) is 21.9. The molecule has 1 saturated carbocycles. The van der Waals surface area contributed by atoms with E-state index < -0.39 is 5.60 Å². The lowest BCUT2D eigenvalue weighted by Gasteiger charge is -2.52. The third-order valence-corrected chi connectivity index (χ3v) is 7.72. The summed E-state index contributed by atoms with van der Waals surface area (Å²) in [6.07, 6.45) is 7.75. The normalized spacial score (nSPS) is 24.3. The number of fused-ring (bicyclic) bond motifs is 2. The van der Waals surface area contributed by atoms with E-state index in [0.29, 0.717) is 35.7 Å². The molecule has 178 valence electrons. The summed E-state index contributed by atoms with van der Waals surface area (Å²) in [6.45, 7) is 0.451. The van der Waals surface area contributed by atoms with E-state index in [1.54, 1.807) is 35.0 Å². The Hall–Kier alpha value is -3.58. The van der Waals surface area contributed by atoms with Crippen molar-refractivity contribution in [3.63, 3.8) is 0 Å². The van der Waals surface area contributed by atoms with E-state index >= 15 is 0 Å². The number of halogens is 1. The molecule has 2 fully saturated rings. The molecule has 0 bridgehead atoms. The van der Waals surface area contributed by atoms with Crippen molar-refractivity contribution in [3.8, 4) is 11.3 Å². The molecule has 1 saturated heterocycles. The molecule has 2 aromatic carbocycles. The van der Waals surface area contributed by atoms with Crippen LogP contribution < -0.4 is 0 Å². The maximum Gasteiger partial charge on any atom is 0.290 e. The molecule has 35 heavy (non-hydrogen) atoms. The lowest BCUT2D eigenvalue weighted by molar-refractivity contribution is -0.110. The zero-order valence-corrected chi connectivity index (χ0v) is 19.3. The fourth-order valence-corrected chi connectivity index (χ4v) is 6.03. The van der Waals surface area contributed by atoms with Crippen molar-refractivity contribution in [2.75, 3.05) is 6.54 Å². The van der Waals surface area contributed by atoms with Gasteiger partial charge in [0.05, 0.1) is 5.60 Å². The van der Waals surface area contributed by atoms with Crippen molar-refractivity contribution in [2.24, 2.45) is 5.92 Å². The van der Waals surface area contributed by atoms with Crippen LogP contribution >= 0.6 is 0 Å². The summed E-state index contributed by atoms with van der Waals surface area (Å²) < 4.78 is 15.2. The number of likely N-dealkylation sites (tertiary alicyclic amines) is 1. The van der Waals surface area contributed by atoms with E-state index in [2.05, 4.69) is 4.98 Å². The van der Waals surface area contributed by atoms with Crippen LogP contribution in [-0.2, 0) is 5.60 Å². The van der Waals surface area contributed by atoms with Crippen LogP contribution in [0.15, 0.2) is 73.1 Å². The van der Waals surface area contributed by atoms with E-state index in [1.807, 2.05) is 35.2 Å². The van der Waals surface area contributed by atoms with Crippen LogP contribution in [-0.4, -0.2) is 42.9 Å². The number of aliphatic hydroxyl groups is 1.